The highest BCUT2D eigenvalue weighted by atomic mass is 32.2. The summed E-state index contributed by atoms with van der Waals surface area (Å²) in [6, 6.07) is 8.17. The number of rotatable bonds is 5. The van der Waals surface area contributed by atoms with Crippen LogP contribution in [-0.2, 0) is 14.8 Å². The first kappa shape index (κ1) is 18.4. The van der Waals surface area contributed by atoms with E-state index in [9.17, 15) is 13.2 Å². The fourth-order valence-corrected chi connectivity index (χ4v) is 4.61. The fourth-order valence-electron chi connectivity index (χ4n) is 2.98. The van der Waals surface area contributed by atoms with Gasteiger partial charge in [0, 0.05) is 25.1 Å². The molecular formula is C17H21N3O5S. The molecule has 1 saturated heterocycles. The zero-order valence-electron chi connectivity index (χ0n) is 14.6. The Bertz CT molecular complexity index is 885. The Morgan fingerprint density at radius 3 is 2.62 bits per heavy atom. The molecule has 1 amide bonds. The molecule has 0 saturated carbocycles. The molecule has 0 radical (unpaired) electrons. The number of sulfonamides is 1. The summed E-state index contributed by atoms with van der Waals surface area (Å²) in [5.41, 5.74) is 0. The third kappa shape index (κ3) is 3.73. The fraction of sp³-hybridized carbons (Fsp3) is 0.412. The molecule has 26 heavy (non-hydrogen) atoms. The van der Waals surface area contributed by atoms with Crippen molar-refractivity contribution in [3.63, 3.8) is 0 Å². The minimum absolute atomic E-state index is 0.142. The number of ether oxygens (including phenoxy) is 1. The molecule has 8 nitrogen and oxygen atoms in total. The van der Waals surface area contributed by atoms with Gasteiger partial charge in [-0.2, -0.15) is 4.31 Å². The predicted octanol–water partition coefficient (Wildman–Crippen LogP) is 2.03. The van der Waals surface area contributed by atoms with Gasteiger partial charge in [0.05, 0.1) is 7.11 Å². The number of carbonyl (C=O) groups excluding carboxylic acids is 1. The highest BCUT2D eigenvalue weighted by Gasteiger charge is 2.33. The quantitative estimate of drug-likeness (QED) is 0.853. The normalized spacial score (nSPS) is 16.4. The standard InChI is InChI=1S/C17H21N3O5S/c1-12-11-16(19-25-12)18-17(21)13-7-9-20(10-8-13)26(22,23)15-6-4-3-5-14(15)24-2/h3-6,11,13H,7-10H2,1-2H3,(H,18,19,21). The van der Waals surface area contributed by atoms with E-state index in [1.54, 1.807) is 31.2 Å². The molecule has 2 aromatic rings. The molecule has 1 N–H and O–H groups in total. The Balaban J connectivity index is 1.65. The average molecular weight is 379 g/mol. The van der Waals surface area contributed by atoms with Crippen LogP contribution >= 0.6 is 0 Å². The number of benzene rings is 1. The number of aryl methyl sites for hydroxylation is 1. The van der Waals surface area contributed by atoms with Crippen molar-refractivity contribution in [2.45, 2.75) is 24.7 Å². The highest BCUT2D eigenvalue weighted by Crippen LogP contribution is 2.29. The van der Waals surface area contributed by atoms with Crippen LogP contribution in [-0.4, -0.2) is 44.0 Å². The maximum Gasteiger partial charge on any atom is 0.246 e. The first-order chi connectivity index (χ1) is 12.4. The van der Waals surface area contributed by atoms with E-state index < -0.39 is 10.0 Å². The number of hydrogen-bond donors (Lipinski definition) is 1. The van der Waals surface area contributed by atoms with Crippen LogP contribution in [0, 0.1) is 12.8 Å². The van der Waals surface area contributed by atoms with Crippen LogP contribution in [0.15, 0.2) is 39.8 Å². The summed E-state index contributed by atoms with van der Waals surface area (Å²) in [6.45, 7) is 2.29. The first-order valence-electron chi connectivity index (χ1n) is 8.29. The lowest BCUT2D eigenvalue weighted by atomic mass is 9.97. The number of aromatic nitrogens is 1. The Morgan fingerprint density at radius 1 is 1.31 bits per heavy atom. The first-order valence-corrected chi connectivity index (χ1v) is 9.73. The number of anilines is 1. The van der Waals surface area contributed by atoms with Crippen LogP contribution in [0.1, 0.15) is 18.6 Å². The van der Waals surface area contributed by atoms with Crippen molar-refractivity contribution < 1.29 is 22.5 Å². The second kappa shape index (κ2) is 7.46. The van der Waals surface area contributed by atoms with Crippen molar-refractivity contribution in [3.8, 4) is 5.75 Å². The van der Waals surface area contributed by atoms with Crippen molar-refractivity contribution in [1.29, 1.82) is 0 Å². The summed E-state index contributed by atoms with van der Waals surface area (Å²) in [7, 11) is -2.22. The van der Waals surface area contributed by atoms with E-state index in [1.807, 2.05) is 0 Å². The summed E-state index contributed by atoms with van der Waals surface area (Å²) in [5, 5.41) is 6.44. The average Bonchev–Trinajstić information content (AvgIpc) is 3.06. The lowest BCUT2D eigenvalue weighted by molar-refractivity contribution is -0.120. The van der Waals surface area contributed by atoms with Crippen LogP contribution in [0.5, 0.6) is 5.75 Å². The van der Waals surface area contributed by atoms with Gasteiger partial charge >= 0.3 is 0 Å². The molecule has 0 unspecified atom stereocenters. The van der Waals surface area contributed by atoms with Crippen LogP contribution in [0.4, 0.5) is 5.82 Å². The van der Waals surface area contributed by atoms with E-state index in [0.717, 1.165) is 0 Å². The van der Waals surface area contributed by atoms with Crippen LogP contribution in [0.2, 0.25) is 0 Å². The van der Waals surface area contributed by atoms with E-state index in [0.29, 0.717) is 30.2 Å². The van der Waals surface area contributed by atoms with Gasteiger partial charge in [-0.3, -0.25) is 4.79 Å². The summed E-state index contributed by atoms with van der Waals surface area (Å²) in [5.74, 6) is 0.854. The molecule has 2 heterocycles. The predicted molar refractivity (Wildman–Crippen MR) is 94.3 cm³/mol. The minimum Gasteiger partial charge on any atom is -0.495 e. The smallest absolute Gasteiger partial charge is 0.246 e. The van der Waals surface area contributed by atoms with Gasteiger partial charge in [0.1, 0.15) is 16.4 Å². The van der Waals surface area contributed by atoms with E-state index in [4.69, 9.17) is 9.26 Å². The van der Waals surface area contributed by atoms with Gasteiger partial charge in [-0.25, -0.2) is 8.42 Å². The Hall–Kier alpha value is -2.39. The minimum atomic E-state index is -3.66. The maximum absolute atomic E-state index is 12.9. The molecule has 0 atom stereocenters. The molecule has 0 bridgehead atoms. The SMILES string of the molecule is COc1ccccc1S(=O)(=O)N1CCC(C(=O)Nc2cc(C)on2)CC1. The monoisotopic (exact) mass is 379 g/mol. The van der Waals surface area contributed by atoms with Crippen LogP contribution < -0.4 is 10.1 Å². The van der Waals surface area contributed by atoms with E-state index in [2.05, 4.69) is 10.5 Å². The lowest BCUT2D eigenvalue weighted by Crippen LogP contribution is -2.41. The Morgan fingerprint density at radius 2 is 2.00 bits per heavy atom. The van der Waals surface area contributed by atoms with Gasteiger partial charge < -0.3 is 14.6 Å². The molecule has 1 aromatic heterocycles. The highest BCUT2D eigenvalue weighted by molar-refractivity contribution is 7.89. The maximum atomic E-state index is 12.9. The number of methoxy groups -OCH3 is 1. The van der Waals surface area contributed by atoms with E-state index in [1.165, 1.54) is 17.5 Å². The summed E-state index contributed by atoms with van der Waals surface area (Å²) in [4.78, 5) is 12.5. The Labute approximate surface area is 152 Å². The lowest BCUT2D eigenvalue weighted by Gasteiger charge is -2.30. The molecule has 9 heteroatoms. The molecule has 0 spiro atoms. The molecule has 0 aliphatic carbocycles. The van der Waals surface area contributed by atoms with E-state index >= 15 is 0 Å². The number of amides is 1. The molecule has 140 valence electrons. The van der Waals surface area contributed by atoms with Gasteiger partial charge in [0.15, 0.2) is 5.82 Å². The largest absolute Gasteiger partial charge is 0.495 e. The van der Waals surface area contributed by atoms with E-state index in [-0.39, 0.29) is 29.8 Å². The van der Waals surface area contributed by atoms with Gasteiger partial charge in [0.2, 0.25) is 15.9 Å². The number of piperidine rings is 1. The molecule has 1 fully saturated rings. The van der Waals surface area contributed by atoms with Crippen LogP contribution in [0.3, 0.4) is 0 Å². The van der Waals surface area contributed by atoms with Crippen LogP contribution in [0.25, 0.3) is 0 Å². The zero-order chi connectivity index (χ0) is 18.7. The second-order valence-corrected chi connectivity index (χ2v) is 8.05. The molecule has 1 aromatic carbocycles. The molecular weight excluding hydrogens is 358 g/mol. The molecule has 3 rings (SSSR count). The topological polar surface area (TPSA) is 102 Å². The third-order valence-corrected chi connectivity index (χ3v) is 6.33. The number of hydrogen-bond acceptors (Lipinski definition) is 6. The number of nitrogens with one attached hydrogen (secondary N) is 1. The van der Waals surface area contributed by atoms with Crippen molar-refractivity contribution in [2.24, 2.45) is 5.92 Å². The molecule has 1 aliphatic heterocycles. The van der Waals surface area contributed by atoms with Gasteiger partial charge in [-0.05, 0) is 31.9 Å². The number of carbonyl (C=O) groups is 1. The summed E-state index contributed by atoms with van der Waals surface area (Å²) in [6.07, 6.45) is 0.883. The van der Waals surface area contributed by atoms with Crippen molar-refractivity contribution in [1.82, 2.24) is 9.46 Å². The third-order valence-electron chi connectivity index (χ3n) is 4.39. The summed E-state index contributed by atoms with van der Waals surface area (Å²) < 4.78 is 37.2. The van der Waals surface area contributed by atoms with Crippen molar-refractivity contribution in [3.05, 3.63) is 36.1 Å². The number of para-hydroxylation sites is 1. The zero-order valence-corrected chi connectivity index (χ0v) is 15.5. The summed E-state index contributed by atoms with van der Waals surface area (Å²) >= 11 is 0. The van der Waals surface area contributed by atoms with Gasteiger partial charge in [0.25, 0.3) is 0 Å². The van der Waals surface area contributed by atoms with Crippen molar-refractivity contribution in [2.75, 3.05) is 25.5 Å². The number of nitrogens with zero attached hydrogens (tertiary/aromatic N) is 2. The van der Waals surface area contributed by atoms with Gasteiger partial charge in [-0.15, -0.1) is 0 Å². The van der Waals surface area contributed by atoms with Crippen molar-refractivity contribution >= 4 is 21.7 Å². The Kier molecular flexibility index (Phi) is 5.28. The van der Waals surface area contributed by atoms with Gasteiger partial charge in [-0.1, -0.05) is 17.3 Å². The second-order valence-electron chi connectivity index (χ2n) is 6.14. The molecule has 1 aliphatic rings.